The van der Waals surface area contributed by atoms with Crippen LogP contribution in [-0.2, 0) is 31.9 Å². The number of aromatic amines is 1. The number of hydrazine groups is 1. The van der Waals surface area contributed by atoms with Crippen molar-refractivity contribution in [2.45, 2.75) is 90.6 Å². The molecule has 13 nitrogen and oxygen atoms in total. The second kappa shape index (κ2) is 11.8. The maximum absolute atomic E-state index is 13.2. The van der Waals surface area contributed by atoms with E-state index in [1.54, 1.807) is 41.5 Å². The van der Waals surface area contributed by atoms with Crippen LogP contribution in [-0.4, -0.2) is 61.8 Å². The number of hydrogen-bond donors (Lipinski definition) is 5. The highest BCUT2D eigenvalue weighted by molar-refractivity contribution is 5.91. The Kier molecular flexibility index (Phi) is 8.62. The Morgan fingerprint density at radius 1 is 1.05 bits per heavy atom. The molecule has 0 bridgehead atoms. The second-order valence-electron chi connectivity index (χ2n) is 12.3. The summed E-state index contributed by atoms with van der Waals surface area (Å²) >= 11 is 0. The molecule has 226 valence electrons. The normalized spacial score (nSPS) is 17.6. The maximum Gasteiger partial charge on any atom is 0.419 e. The highest BCUT2D eigenvalue weighted by atomic mass is 16.6. The zero-order chi connectivity index (χ0) is 30.8. The van der Waals surface area contributed by atoms with Gasteiger partial charge < -0.3 is 19.8 Å². The number of fused-ring (bicyclic) bond motifs is 3. The van der Waals surface area contributed by atoms with Gasteiger partial charge in [-0.2, -0.15) is 0 Å². The summed E-state index contributed by atoms with van der Waals surface area (Å²) in [6.45, 7) is 12.3. The van der Waals surface area contributed by atoms with Crippen LogP contribution in [0.25, 0.3) is 10.9 Å². The van der Waals surface area contributed by atoms with Crippen molar-refractivity contribution in [2.75, 3.05) is 0 Å². The Hall–Kier alpha value is -4.39. The summed E-state index contributed by atoms with van der Waals surface area (Å²) in [5.41, 5.74) is 6.78. The molecule has 0 radical (unpaired) electrons. The molecular weight excluding hydrogens is 542 g/mol. The highest BCUT2D eigenvalue weighted by Crippen LogP contribution is 2.31. The van der Waals surface area contributed by atoms with Crippen LogP contribution in [0.3, 0.4) is 0 Å². The van der Waals surface area contributed by atoms with E-state index in [1.165, 1.54) is 12.5 Å². The molecule has 0 saturated carbocycles. The van der Waals surface area contributed by atoms with E-state index in [9.17, 15) is 19.2 Å². The Morgan fingerprint density at radius 3 is 2.43 bits per heavy atom. The van der Waals surface area contributed by atoms with Gasteiger partial charge in [-0.25, -0.2) is 19.1 Å². The Morgan fingerprint density at radius 2 is 1.74 bits per heavy atom. The quantitative estimate of drug-likeness (QED) is 0.287. The van der Waals surface area contributed by atoms with Gasteiger partial charge in [0, 0.05) is 35.3 Å². The first-order valence-electron chi connectivity index (χ1n) is 13.8. The van der Waals surface area contributed by atoms with Crippen molar-refractivity contribution in [3.8, 4) is 0 Å². The van der Waals surface area contributed by atoms with Crippen molar-refractivity contribution in [1.82, 2.24) is 36.0 Å². The summed E-state index contributed by atoms with van der Waals surface area (Å²) in [7, 11) is 0. The van der Waals surface area contributed by atoms with Crippen LogP contribution in [0.2, 0.25) is 0 Å². The summed E-state index contributed by atoms with van der Waals surface area (Å²) in [4.78, 5) is 58.9. The number of aromatic nitrogens is 3. The predicted molar refractivity (Wildman–Crippen MR) is 154 cm³/mol. The van der Waals surface area contributed by atoms with E-state index in [2.05, 4.69) is 31.5 Å². The topological polar surface area (TPSA) is 168 Å². The first-order valence-corrected chi connectivity index (χ1v) is 13.8. The lowest BCUT2D eigenvalue weighted by molar-refractivity contribution is -0.131. The van der Waals surface area contributed by atoms with Crippen LogP contribution >= 0.6 is 0 Å². The Labute approximate surface area is 244 Å². The molecule has 3 heterocycles. The van der Waals surface area contributed by atoms with Crippen molar-refractivity contribution in [3.05, 3.63) is 53.7 Å². The molecule has 0 spiro atoms. The van der Waals surface area contributed by atoms with E-state index in [4.69, 9.17) is 9.47 Å². The largest absolute Gasteiger partial charge is 0.444 e. The third-order valence-electron chi connectivity index (χ3n) is 6.43. The summed E-state index contributed by atoms with van der Waals surface area (Å²) in [5.74, 6) is -1.13. The van der Waals surface area contributed by atoms with Crippen LogP contribution < -0.4 is 21.5 Å². The zero-order valence-electron chi connectivity index (χ0n) is 25.0. The SMILES string of the molecule is C[C@@H]1N[C@H](C(=O)NNC(=O)[C@H](Cc2cn(C(=O)OC(C)(C)C)cn2)NC(=O)OC(C)(C)C)Cc2c1[nH]c1ccccc21. The van der Waals surface area contributed by atoms with Crippen LogP contribution in [0.5, 0.6) is 0 Å². The third-order valence-corrected chi connectivity index (χ3v) is 6.43. The standard InChI is InChI=1S/C29H39N7O6/c1-16-23-19(18-10-8-9-11-20(18)32-23)13-22(31-16)25(38)35-34-24(37)21(33-26(39)41-28(2,3)4)12-17-14-36(15-30-17)27(40)42-29(5,6)7/h8-11,14-16,21-22,31-32H,12-13H2,1-7H3,(H,33,39)(H,34,37)(H,35,38)/t16-,21-,22-/m0/s1. The fraction of sp³-hybridized carbons (Fsp3) is 0.483. The molecule has 0 saturated heterocycles. The monoisotopic (exact) mass is 581 g/mol. The first kappa shape index (κ1) is 30.6. The minimum atomic E-state index is -1.18. The van der Waals surface area contributed by atoms with Crippen LogP contribution in [0, 0.1) is 0 Å². The van der Waals surface area contributed by atoms with Gasteiger partial charge in [-0.3, -0.25) is 25.8 Å². The molecule has 3 atom stereocenters. The molecule has 0 aliphatic carbocycles. The van der Waals surface area contributed by atoms with Crippen LogP contribution in [0.15, 0.2) is 36.8 Å². The minimum absolute atomic E-state index is 0.0891. The van der Waals surface area contributed by atoms with Gasteiger partial charge in [-0.15, -0.1) is 0 Å². The molecule has 1 aromatic carbocycles. The second-order valence-corrected chi connectivity index (χ2v) is 12.3. The number of imidazole rings is 1. The summed E-state index contributed by atoms with van der Waals surface area (Å²) < 4.78 is 11.8. The van der Waals surface area contributed by atoms with Gasteiger partial charge in [0.1, 0.15) is 23.6 Å². The number of nitrogens with one attached hydrogen (secondary N) is 5. The van der Waals surface area contributed by atoms with Crippen molar-refractivity contribution < 1.29 is 28.7 Å². The summed E-state index contributed by atoms with van der Waals surface area (Å²) in [6, 6.07) is 6.00. The minimum Gasteiger partial charge on any atom is -0.444 e. The molecule has 4 rings (SSSR count). The molecule has 0 fully saturated rings. The lowest BCUT2D eigenvalue weighted by Crippen LogP contribution is -2.57. The summed E-state index contributed by atoms with van der Waals surface area (Å²) in [5, 5.41) is 6.85. The van der Waals surface area contributed by atoms with Crippen molar-refractivity contribution in [3.63, 3.8) is 0 Å². The number of ether oxygens (including phenoxy) is 2. The zero-order valence-corrected chi connectivity index (χ0v) is 25.0. The van der Waals surface area contributed by atoms with Crippen molar-refractivity contribution in [2.24, 2.45) is 0 Å². The molecule has 1 aliphatic heterocycles. The number of alkyl carbamates (subject to hydrolysis) is 1. The van der Waals surface area contributed by atoms with E-state index in [0.29, 0.717) is 12.1 Å². The summed E-state index contributed by atoms with van der Waals surface area (Å²) in [6.07, 6.45) is 1.55. The first-order chi connectivity index (χ1) is 19.6. The molecule has 0 unspecified atom stereocenters. The average molecular weight is 582 g/mol. The van der Waals surface area contributed by atoms with Gasteiger partial charge in [0.05, 0.1) is 11.7 Å². The van der Waals surface area contributed by atoms with E-state index >= 15 is 0 Å². The number of nitrogens with zero attached hydrogens (tertiary/aromatic N) is 2. The number of H-pyrrole nitrogens is 1. The van der Waals surface area contributed by atoms with Crippen LogP contribution in [0.4, 0.5) is 9.59 Å². The van der Waals surface area contributed by atoms with Gasteiger partial charge in [-0.05, 0) is 66.5 Å². The van der Waals surface area contributed by atoms with E-state index in [1.807, 2.05) is 31.2 Å². The molecule has 3 amide bonds. The van der Waals surface area contributed by atoms with Gasteiger partial charge in [0.15, 0.2) is 0 Å². The van der Waals surface area contributed by atoms with Crippen molar-refractivity contribution >= 4 is 34.9 Å². The van der Waals surface area contributed by atoms with E-state index < -0.39 is 47.3 Å². The third kappa shape index (κ3) is 7.66. The number of carbonyl (C=O) groups excluding carboxylic acids is 4. The predicted octanol–water partition coefficient (Wildman–Crippen LogP) is 3.01. The fourth-order valence-corrected chi connectivity index (χ4v) is 4.68. The maximum atomic E-state index is 13.2. The number of carbonyl (C=O) groups is 4. The number of amides is 3. The molecule has 2 aromatic heterocycles. The van der Waals surface area contributed by atoms with Gasteiger partial charge in [0.2, 0.25) is 0 Å². The number of para-hydroxylation sites is 1. The number of benzene rings is 1. The molecule has 5 N–H and O–H groups in total. The fourth-order valence-electron chi connectivity index (χ4n) is 4.68. The average Bonchev–Trinajstić information content (AvgIpc) is 3.50. The number of rotatable bonds is 5. The lowest BCUT2D eigenvalue weighted by atomic mass is 9.94. The molecular formula is C29H39N7O6. The van der Waals surface area contributed by atoms with Gasteiger partial charge in [-0.1, -0.05) is 18.2 Å². The molecule has 13 heteroatoms. The van der Waals surface area contributed by atoms with Gasteiger partial charge in [0.25, 0.3) is 11.8 Å². The smallest absolute Gasteiger partial charge is 0.419 e. The molecule has 3 aromatic rings. The lowest BCUT2D eigenvalue weighted by Gasteiger charge is -2.29. The van der Waals surface area contributed by atoms with Crippen molar-refractivity contribution in [1.29, 1.82) is 0 Å². The Balaban J connectivity index is 1.43. The van der Waals surface area contributed by atoms with Gasteiger partial charge >= 0.3 is 12.2 Å². The highest BCUT2D eigenvalue weighted by Gasteiger charge is 2.32. The Bertz CT molecular complexity index is 1480. The number of hydrogen-bond acceptors (Lipinski definition) is 8. The van der Waals surface area contributed by atoms with E-state index in [-0.39, 0.29) is 12.5 Å². The van der Waals surface area contributed by atoms with Crippen LogP contribution in [0.1, 0.15) is 71.5 Å². The van der Waals surface area contributed by atoms with E-state index in [0.717, 1.165) is 26.7 Å². The molecule has 42 heavy (non-hydrogen) atoms. The molecule has 1 aliphatic rings.